The second-order valence-electron chi connectivity index (χ2n) is 5.23. The van der Waals surface area contributed by atoms with Crippen molar-refractivity contribution < 1.29 is 19.1 Å². The predicted octanol–water partition coefficient (Wildman–Crippen LogP) is -0.0928. The van der Waals surface area contributed by atoms with Crippen molar-refractivity contribution in [3.05, 3.63) is 0 Å². The molecule has 2 aliphatic heterocycles. The van der Waals surface area contributed by atoms with Crippen molar-refractivity contribution in [3.63, 3.8) is 0 Å². The average molecular weight is 315 g/mol. The van der Waals surface area contributed by atoms with Crippen LogP contribution in [-0.4, -0.2) is 78.0 Å². The van der Waals surface area contributed by atoms with Crippen LogP contribution < -0.4 is 5.32 Å². The zero-order valence-corrected chi connectivity index (χ0v) is 13.1. The van der Waals surface area contributed by atoms with Crippen LogP contribution in [0.25, 0.3) is 0 Å². The molecular weight excluding hydrogens is 294 g/mol. The van der Waals surface area contributed by atoms with Gasteiger partial charge in [-0.2, -0.15) is 11.8 Å². The van der Waals surface area contributed by atoms with E-state index in [9.17, 15) is 14.4 Å². The van der Waals surface area contributed by atoms with E-state index in [1.165, 1.54) is 0 Å². The highest BCUT2D eigenvalue weighted by atomic mass is 32.2. The number of carbonyl (C=O) groups excluding carboxylic acids is 3. The van der Waals surface area contributed by atoms with Gasteiger partial charge >= 0.3 is 6.03 Å². The van der Waals surface area contributed by atoms with E-state index in [-0.39, 0.29) is 24.5 Å². The Kier molecular flexibility index (Phi) is 5.46. The molecule has 1 N–H and O–H groups in total. The fourth-order valence-corrected chi connectivity index (χ4v) is 2.91. The van der Waals surface area contributed by atoms with Gasteiger partial charge in [-0.1, -0.05) is 0 Å². The van der Waals surface area contributed by atoms with Crippen molar-refractivity contribution in [1.82, 2.24) is 15.1 Å². The van der Waals surface area contributed by atoms with Gasteiger partial charge < -0.3 is 15.0 Å². The monoisotopic (exact) mass is 315 g/mol. The summed E-state index contributed by atoms with van der Waals surface area (Å²) in [4.78, 5) is 38.8. The second-order valence-corrected chi connectivity index (χ2v) is 6.21. The molecule has 0 spiro atoms. The smallest absolute Gasteiger partial charge is 0.325 e. The quantitative estimate of drug-likeness (QED) is 0.717. The number of hydrogen-bond acceptors (Lipinski definition) is 5. The molecule has 0 aromatic heterocycles. The van der Waals surface area contributed by atoms with Crippen LogP contribution in [0.1, 0.15) is 13.3 Å². The van der Waals surface area contributed by atoms with E-state index in [1.54, 1.807) is 16.7 Å². The van der Waals surface area contributed by atoms with E-state index in [0.717, 1.165) is 10.7 Å². The minimum absolute atomic E-state index is 0.0138. The molecule has 0 bridgehead atoms. The number of amides is 4. The normalized spacial score (nSPS) is 26.2. The van der Waals surface area contributed by atoms with Gasteiger partial charge in [0.15, 0.2) is 0 Å². The lowest BCUT2D eigenvalue weighted by Gasteiger charge is -2.31. The third-order valence-corrected chi connectivity index (χ3v) is 4.25. The first-order chi connectivity index (χ1) is 10.0. The van der Waals surface area contributed by atoms with Crippen LogP contribution >= 0.6 is 11.8 Å². The van der Waals surface area contributed by atoms with E-state index in [2.05, 4.69) is 5.32 Å². The highest BCUT2D eigenvalue weighted by molar-refractivity contribution is 7.98. The molecule has 2 atom stereocenters. The molecule has 7 nitrogen and oxygen atoms in total. The minimum Gasteiger partial charge on any atom is -0.375 e. The van der Waals surface area contributed by atoms with Crippen molar-refractivity contribution in [2.24, 2.45) is 0 Å². The first kappa shape index (κ1) is 16.1. The van der Waals surface area contributed by atoms with Crippen LogP contribution in [0.4, 0.5) is 4.79 Å². The lowest BCUT2D eigenvalue weighted by molar-refractivity contribution is -0.142. The van der Waals surface area contributed by atoms with Crippen LogP contribution in [-0.2, 0) is 14.3 Å². The van der Waals surface area contributed by atoms with Crippen LogP contribution in [0, 0.1) is 0 Å². The number of morpholine rings is 1. The van der Waals surface area contributed by atoms with Crippen molar-refractivity contribution in [2.45, 2.75) is 25.5 Å². The summed E-state index contributed by atoms with van der Waals surface area (Å²) >= 11 is 1.62. The maximum atomic E-state index is 12.2. The van der Waals surface area contributed by atoms with Crippen LogP contribution in [0.15, 0.2) is 0 Å². The van der Waals surface area contributed by atoms with Gasteiger partial charge in [-0.25, -0.2) is 4.79 Å². The van der Waals surface area contributed by atoms with E-state index in [1.807, 2.05) is 13.2 Å². The molecule has 4 amide bonds. The van der Waals surface area contributed by atoms with Gasteiger partial charge in [-0.05, 0) is 25.4 Å². The van der Waals surface area contributed by atoms with Crippen LogP contribution in [0.3, 0.4) is 0 Å². The largest absolute Gasteiger partial charge is 0.375 e. The van der Waals surface area contributed by atoms with Gasteiger partial charge in [-0.15, -0.1) is 0 Å². The molecule has 0 aromatic rings. The average Bonchev–Trinajstić information content (AvgIpc) is 2.72. The Hall–Kier alpha value is -1.28. The maximum absolute atomic E-state index is 12.2. The van der Waals surface area contributed by atoms with Crippen LogP contribution in [0.2, 0.25) is 0 Å². The Morgan fingerprint density at radius 2 is 2.24 bits per heavy atom. The SMILES string of the molecule is CSCC[C@H]1NC(=O)N(CC(=O)N2CCO[C@H](C)C2)C1=O. The summed E-state index contributed by atoms with van der Waals surface area (Å²) in [6.07, 6.45) is 2.52. The van der Waals surface area contributed by atoms with Crippen molar-refractivity contribution >= 4 is 29.6 Å². The summed E-state index contributed by atoms with van der Waals surface area (Å²) in [5.41, 5.74) is 0. The van der Waals surface area contributed by atoms with Crippen molar-refractivity contribution in [1.29, 1.82) is 0 Å². The van der Waals surface area contributed by atoms with Gasteiger partial charge in [0.2, 0.25) is 5.91 Å². The molecule has 0 saturated carbocycles. The molecule has 0 aliphatic carbocycles. The number of rotatable bonds is 5. The summed E-state index contributed by atoms with van der Waals surface area (Å²) in [5, 5.41) is 2.63. The Morgan fingerprint density at radius 3 is 2.90 bits per heavy atom. The first-order valence-corrected chi connectivity index (χ1v) is 8.42. The van der Waals surface area contributed by atoms with E-state index in [4.69, 9.17) is 4.74 Å². The highest BCUT2D eigenvalue weighted by Gasteiger charge is 2.39. The predicted molar refractivity (Wildman–Crippen MR) is 79.0 cm³/mol. The van der Waals surface area contributed by atoms with Gasteiger partial charge in [-0.3, -0.25) is 14.5 Å². The molecule has 2 saturated heterocycles. The molecule has 0 aromatic carbocycles. The summed E-state index contributed by atoms with van der Waals surface area (Å²) in [6.45, 7) is 3.20. The van der Waals surface area contributed by atoms with E-state index in [0.29, 0.717) is 26.1 Å². The fraction of sp³-hybridized carbons (Fsp3) is 0.769. The number of ether oxygens (including phenoxy) is 1. The molecule has 2 fully saturated rings. The number of hydrogen-bond donors (Lipinski definition) is 1. The molecular formula is C13H21N3O4S. The lowest BCUT2D eigenvalue weighted by Crippen LogP contribution is -2.49. The standard InChI is InChI=1S/C13H21N3O4S/c1-9-7-15(4-5-20-9)11(17)8-16-12(18)10(3-6-21-2)14-13(16)19/h9-10H,3-8H2,1-2H3,(H,14,19)/t9-,10-/m1/s1. The Morgan fingerprint density at radius 1 is 1.48 bits per heavy atom. The van der Waals surface area contributed by atoms with Gasteiger partial charge in [0, 0.05) is 13.1 Å². The summed E-state index contributed by atoms with van der Waals surface area (Å²) < 4.78 is 5.38. The molecule has 0 unspecified atom stereocenters. The number of imide groups is 1. The summed E-state index contributed by atoms with van der Waals surface area (Å²) in [6, 6.07) is -0.970. The second kappa shape index (κ2) is 7.13. The molecule has 21 heavy (non-hydrogen) atoms. The number of nitrogens with zero attached hydrogens (tertiary/aromatic N) is 2. The highest BCUT2D eigenvalue weighted by Crippen LogP contribution is 2.13. The maximum Gasteiger partial charge on any atom is 0.325 e. The molecule has 2 heterocycles. The molecule has 2 rings (SSSR count). The summed E-state index contributed by atoms with van der Waals surface area (Å²) in [5.74, 6) is 0.280. The minimum atomic E-state index is -0.499. The topological polar surface area (TPSA) is 79.0 Å². The van der Waals surface area contributed by atoms with Gasteiger partial charge in [0.05, 0.1) is 12.7 Å². The molecule has 118 valence electrons. The first-order valence-electron chi connectivity index (χ1n) is 7.03. The Bertz CT molecular complexity index is 432. The van der Waals surface area contributed by atoms with Gasteiger partial charge in [0.1, 0.15) is 12.6 Å². The van der Waals surface area contributed by atoms with Crippen molar-refractivity contribution in [3.8, 4) is 0 Å². The summed E-state index contributed by atoms with van der Waals surface area (Å²) in [7, 11) is 0. The number of nitrogens with one attached hydrogen (secondary N) is 1. The fourth-order valence-electron chi connectivity index (χ4n) is 2.44. The number of thioether (sulfide) groups is 1. The van der Waals surface area contributed by atoms with Gasteiger partial charge in [0.25, 0.3) is 5.91 Å². The van der Waals surface area contributed by atoms with E-state index < -0.39 is 12.1 Å². The molecule has 2 aliphatic rings. The van der Waals surface area contributed by atoms with Crippen LogP contribution in [0.5, 0.6) is 0 Å². The third kappa shape index (κ3) is 3.88. The van der Waals surface area contributed by atoms with Crippen molar-refractivity contribution in [2.75, 3.05) is 38.2 Å². The number of carbonyl (C=O) groups is 3. The Labute approximate surface area is 128 Å². The molecule has 0 radical (unpaired) electrons. The zero-order chi connectivity index (χ0) is 15.4. The Balaban J connectivity index is 1.91. The molecule has 8 heteroatoms. The zero-order valence-electron chi connectivity index (χ0n) is 12.3. The lowest BCUT2D eigenvalue weighted by atomic mass is 10.2. The van der Waals surface area contributed by atoms with E-state index >= 15 is 0 Å². The number of urea groups is 1. The third-order valence-electron chi connectivity index (χ3n) is 3.60.